The Bertz CT molecular complexity index is 933. The van der Waals surface area contributed by atoms with Crippen LogP contribution in [0.25, 0.3) is 11.3 Å². The van der Waals surface area contributed by atoms with E-state index in [9.17, 15) is 9.59 Å². The van der Waals surface area contributed by atoms with Crippen molar-refractivity contribution in [3.05, 3.63) is 56.7 Å². The van der Waals surface area contributed by atoms with Crippen LogP contribution in [-0.2, 0) is 0 Å². The molecule has 2 N–H and O–H groups in total. The van der Waals surface area contributed by atoms with Gasteiger partial charge >= 0.3 is 0 Å². The summed E-state index contributed by atoms with van der Waals surface area (Å²) in [6, 6.07) is 6.27. The predicted octanol–water partition coefficient (Wildman–Crippen LogP) is 3.14. The number of amides is 2. The van der Waals surface area contributed by atoms with Crippen molar-refractivity contribution in [1.82, 2.24) is 21.0 Å². The van der Waals surface area contributed by atoms with Crippen LogP contribution in [-0.4, -0.2) is 22.0 Å². The lowest BCUT2D eigenvalue weighted by Crippen LogP contribution is -2.41. The molecule has 0 aliphatic rings. The molecule has 0 unspecified atom stereocenters. The summed E-state index contributed by atoms with van der Waals surface area (Å²) in [6.45, 7) is 3.56. The SMILES string of the molecule is Cc1nc(-c2c(C(=O)NNC(=O)c3ccc(Cl)cc3)noc2C)cs1. The number of nitrogens with zero attached hydrogens (tertiary/aromatic N) is 2. The maximum Gasteiger partial charge on any atom is 0.292 e. The number of benzene rings is 1. The molecule has 0 spiro atoms. The van der Waals surface area contributed by atoms with E-state index in [1.165, 1.54) is 11.3 Å². The molecule has 3 aromatic rings. The van der Waals surface area contributed by atoms with Crippen molar-refractivity contribution < 1.29 is 14.1 Å². The second-order valence-corrected chi connectivity index (χ2v) is 6.63. The zero-order chi connectivity index (χ0) is 18.0. The zero-order valence-electron chi connectivity index (χ0n) is 13.3. The summed E-state index contributed by atoms with van der Waals surface area (Å²) in [5.41, 5.74) is 6.17. The van der Waals surface area contributed by atoms with E-state index in [-0.39, 0.29) is 5.69 Å². The van der Waals surface area contributed by atoms with E-state index >= 15 is 0 Å². The summed E-state index contributed by atoms with van der Waals surface area (Å²) < 4.78 is 5.11. The molecule has 128 valence electrons. The number of halogens is 1. The summed E-state index contributed by atoms with van der Waals surface area (Å²) in [5, 5.41) is 6.96. The number of hydrogen-bond donors (Lipinski definition) is 2. The summed E-state index contributed by atoms with van der Waals surface area (Å²) in [4.78, 5) is 28.7. The maximum absolute atomic E-state index is 12.4. The highest BCUT2D eigenvalue weighted by Crippen LogP contribution is 2.28. The van der Waals surface area contributed by atoms with Crippen molar-refractivity contribution in [2.24, 2.45) is 0 Å². The molecule has 2 amide bonds. The van der Waals surface area contributed by atoms with Gasteiger partial charge < -0.3 is 4.52 Å². The van der Waals surface area contributed by atoms with Gasteiger partial charge in [-0.2, -0.15) is 0 Å². The molecule has 25 heavy (non-hydrogen) atoms. The molecule has 0 bridgehead atoms. The second-order valence-electron chi connectivity index (χ2n) is 5.13. The van der Waals surface area contributed by atoms with Gasteiger partial charge in [0, 0.05) is 16.0 Å². The van der Waals surface area contributed by atoms with Crippen LogP contribution < -0.4 is 10.9 Å². The quantitative estimate of drug-likeness (QED) is 0.684. The van der Waals surface area contributed by atoms with Crippen LogP contribution in [0.15, 0.2) is 34.2 Å². The molecule has 9 heteroatoms. The minimum Gasteiger partial charge on any atom is -0.360 e. The highest BCUT2D eigenvalue weighted by atomic mass is 35.5. The molecule has 0 fully saturated rings. The summed E-state index contributed by atoms with van der Waals surface area (Å²) >= 11 is 7.23. The van der Waals surface area contributed by atoms with E-state index in [4.69, 9.17) is 16.1 Å². The fraction of sp³-hybridized carbons (Fsp3) is 0.125. The Balaban J connectivity index is 1.74. The topological polar surface area (TPSA) is 97.1 Å². The molecule has 0 radical (unpaired) electrons. The van der Waals surface area contributed by atoms with E-state index in [1.807, 2.05) is 12.3 Å². The predicted molar refractivity (Wildman–Crippen MR) is 93.5 cm³/mol. The largest absolute Gasteiger partial charge is 0.360 e. The molecule has 0 aliphatic carbocycles. The van der Waals surface area contributed by atoms with E-state index < -0.39 is 11.8 Å². The standard InChI is InChI=1S/C16H13ClN4O3S/c1-8-13(12-7-25-9(2)18-12)14(21-24-8)16(23)20-19-15(22)10-3-5-11(17)6-4-10/h3-7H,1-2H3,(H,19,22)(H,20,23). The van der Waals surface area contributed by atoms with E-state index in [2.05, 4.69) is 21.0 Å². The smallest absolute Gasteiger partial charge is 0.292 e. The first-order chi connectivity index (χ1) is 12.0. The Kier molecular flexibility index (Phi) is 4.82. The van der Waals surface area contributed by atoms with E-state index in [0.29, 0.717) is 27.6 Å². The Hall–Kier alpha value is -2.71. The molecule has 0 saturated heterocycles. The van der Waals surface area contributed by atoms with Gasteiger partial charge in [-0.1, -0.05) is 16.8 Å². The number of hydrazine groups is 1. The van der Waals surface area contributed by atoms with Gasteiger partial charge in [-0.25, -0.2) is 4.98 Å². The molecule has 1 aromatic carbocycles. The molecule has 0 aliphatic heterocycles. The number of carbonyl (C=O) groups is 2. The maximum atomic E-state index is 12.4. The number of thiazole rings is 1. The van der Waals surface area contributed by atoms with Crippen LogP contribution in [0.5, 0.6) is 0 Å². The van der Waals surface area contributed by atoms with Crippen molar-refractivity contribution in [1.29, 1.82) is 0 Å². The Morgan fingerprint density at radius 3 is 2.44 bits per heavy atom. The Morgan fingerprint density at radius 2 is 1.80 bits per heavy atom. The minimum absolute atomic E-state index is 0.0548. The van der Waals surface area contributed by atoms with Gasteiger partial charge in [-0.15, -0.1) is 11.3 Å². The number of hydrogen-bond acceptors (Lipinski definition) is 6. The van der Waals surface area contributed by atoms with Crippen molar-refractivity contribution >= 4 is 34.8 Å². The first-order valence-electron chi connectivity index (χ1n) is 7.20. The van der Waals surface area contributed by atoms with Gasteiger partial charge in [0.15, 0.2) is 5.69 Å². The average Bonchev–Trinajstić information content (AvgIpc) is 3.18. The molecule has 0 atom stereocenters. The number of aromatic nitrogens is 2. The molecular formula is C16H13ClN4O3S. The monoisotopic (exact) mass is 376 g/mol. The van der Waals surface area contributed by atoms with Gasteiger partial charge in [0.25, 0.3) is 11.8 Å². The molecule has 3 rings (SSSR count). The van der Waals surface area contributed by atoms with Crippen LogP contribution in [0.1, 0.15) is 31.6 Å². The first-order valence-corrected chi connectivity index (χ1v) is 8.46. The number of aryl methyl sites for hydroxylation is 2. The van der Waals surface area contributed by atoms with Crippen LogP contribution in [0.4, 0.5) is 0 Å². The molecule has 0 saturated carbocycles. The lowest BCUT2D eigenvalue weighted by molar-refractivity contribution is 0.0842. The van der Waals surface area contributed by atoms with Crippen molar-refractivity contribution in [3.8, 4) is 11.3 Å². The summed E-state index contributed by atoms with van der Waals surface area (Å²) in [5.74, 6) is -0.601. The number of rotatable bonds is 3. The van der Waals surface area contributed by atoms with Crippen LogP contribution in [0, 0.1) is 13.8 Å². The molecule has 2 heterocycles. The highest BCUT2D eigenvalue weighted by molar-refractivity contribution is 7.09. The Labute approximate surface area is 152 Å². The molecule has 2 aromatic heterocycles. The lowest BCUT2D eigenvalue weighted by atomic mass is 10.1. The molecular weight excluding hydrogens is 364 g/mol. The third-order valence-corrected chi connectivity index (χ3v) is 4.37. The third kappa shape index (κ3) is 3.70. The summed E-state index contributed by atoms with van der Waals surface area (Å²) in [7, 11) is 0. The van der Waals surface area contributed by atoms with Crippen LogP contribution in [0.2, 0.25) is 5.02 Å². The second kappa shape index (κ2) is 7.04. The highest BCUT2D eigenvalue weighted by Gasteiger charge is 2.23. The van der Waals surface area contributed by atoms with E-state index in [1.54, 1.807) is 31.2 Å². The van der Waals surface area contributed by atoms with Crippen molar-refractivity contribution in [2.75, 3.05) is 0 Å². The summed E-state index contributed by atoms with van der Waals surface area (Å²) in [6.07, 6.45) is 0. The molecule has 7 nitrogen and oxygen atoms in total. The van der Waals surface area contributed by atoms with Crippen molar-refractivity contribution in [2.45, 2.75) is 13.8 Å². The first kappa shape index (κ1) is 17.1. The van der Waals surface area contributed by atoms with Crippen LogP contribution in [0.3, 0.4) is 0 Å². The fourth-order valence-electron chi connectivity index (χ4n) is 2.15. The minimum atomic E-state index is -0.597. The lowest BCUT2D eigenvalue weighted by Gasteiger charge is -2.06. The fourth-order valence-corrected chi connectivity index (χ4v) is 2.88. The Morgan fingerprint density at radius 1 is 1.12 bits per heavy atom. The van der Waals surface area contributed by atoms with Gasteiger partial charge in [0.1, 0.15) is 5.76 Å². The average molecular weight is 377 g/mol. The van der Waals surface area contributed by atoms with E-state index in [0.717, 1.165) is 5.01 Å². The normalized spacial score (nSPS) is 10.5. The zero-order valence-corrected chi connectivity index (χ0v) is 14.9. The van der Waals surface area contributed by atoms with Crippen molar-refractivity contribution in [3.63, 3.8) is 0 Å². The number of nitrogens with one attached hydrogen (secondary N) is 2. The van der Waals surface area contributed by atoms with Gasteiger partial charge in [0.2, 0.25) is 0 Å². The van der Waals surface area contributed by atoms with Gasteiger partial charge in [0.05, 0.1) is 16.3 Å². The third-order valence-electron chi connectivity index (χ3n) is 3.35. The van der Waals surface area contributed by atoms with Gasteiger partial charge in [-0.05, 0) is 38.1 Å². The van der Waals surface area contributed by atoms with Crippen LogP contribution >= 0.6 is 22.9 Å². The van der Waals surface area contributed by atoms with Gasteiger partial charge in [-0.3, -0.25) is 20.4 Å². The number of carbonyl (C=O) groups excluding carboxylic acids is 2.